The minimum Gasteiger partial charge on any atom is -0.389 e. The summed E-state index contributed by atoms with van der Waals surface area (Å²) in [5.41, 5.74) is 1.59. The Bertz CT molecular complexity index is 1450. The van der Waals surface area contributed by atoms with Crippen molar-refractivity contribution in [3.8, 4) is 0 Å². The van der Waals surface area contributed by atoms with E-state index in [0.717, 1.165) is 21.1 Å². The number of aliphatic hydroxyl groups is 2. The summed E-state index contributed by atoms with van der Waals surface area (Å²) < 4.78 is 35.0. The molecule has 1 aliphatic rings. The van der Waals surface area contributed by atoms with Crippen molar-refractivity contribution >= 4 is 15.2 Å². The lowest BCUT2D eigenvalue weighted by Crippen LogP contribution is -2.42. The lowest BCUT2D eigenvalue weighted by Gasteiger charge is -2.19. The minimum absolute atomic E-state index is 0.174. The third kappa shape index (κ3) is 15.6. The summed E-state index contributed by atoms with van der Waals surface area (Å²) >= 11 is 0. The molecule has 0 bridgehead atoms. The Hall–Kier alpha value is -2.20. The van der Waals surface area contributed by atoms with Crippen LogP contribution >= 0.6 is 15.2 Å². The largest absolute Gasteiger partial charge is 0.389 e. The monoisotopic (exact) mass is 751 g/mol. The van der Waals surface area contributed by atoms with E-state index in [2.05, 4.69) is 67.9 Å². The van der Waals surface area contributed by atoms with Gasteiger partial charge in [0.05, 0.1) is 6.61 Å². The van der Waals surface area contributed by atoms with Crippen molar-refractivity contribution in [1.82, 2.24) is 18.9 Å². The van der Waals surface area contributed by atoms with Gasteiger partial charge in [-0.05, 0) is 56.8 Å². The van der Waals surface area contributed by atoms with Gasteiger partial charge in [0.1, 0.15) is 24.9 Å². The third-order valence-corrected chi connectivity index (χ3v) is 11.6. The van der Waals surface area contributed by atoms with Gasteiger partial charge in [-0.3, -0.25) is 18.3 Å². The summed E-state index contributed by atoms with van der Waals surface area (Å²) in [5.74, 6) is -1.42. The molecule has 0 amide bonds. The molecular formula is C32H59N5O11P2. The second-order valence-corrected chi connectivity index (χ2v) is 15.5. The predicted molar refractivity (Wildman–Crippen MR) is 191 cm³/mol. The SMILES string of the molecule is CCN(CC)CC.CCN(CC)CC.CCc1ccc(CO/N=c2/ccn([C@@H]3O[C@H](COP(=O)(O)CP(=O)(O)O)[C@@H](O)[C@H]3O)c(=O)n2C)cc1. The zero-order chi connectivity index (χ0) is 38.1. The van der Waals surface area contributed by atoms with Gasteiger partial charge in [0, 0.05) is 19.3 Å². The molecule has 0 aliphatic carbocycles. The van der Waals surface area contributed by atoms with Gasteiger partial charge in [-0.25, -0.2) is 4.79 Å². The Morgan fingerprint density at radius 1 is 0.820 bits per heavy atom. The fourth-order valence-electron chi connectivity index (χ4n) is 4.83. The normalized spacial score (nSPS) is 20.6. The van der Waals surface area contributed by atoms with Crippen molar-refractivity contribution in [1.29, 1.82) is 0 Å². The van der Waals surface area contributed by atoms with Crippen LogP contribution in [0.15, 0.2) is 46.5 Å². The van der Waals surface area contributed by atoms with Crippen LogP contribution < -0.4 is 11.2 Å². The smallest absolute Gasteiger partial charge is 0.340 e. The van der Waals surface area contributed by atoms with E-state index in [1.807, 2.05) is 24.3 Å². The molecule has 50 heavy (non-hydrogen) atoms. The van der Waals surface area contributed by atoms with E-state index in [4.69, 9.17) is 19.4 Å². The number of hydrogen-bond acceptors (Lipinski definition) is 11. The standard InChI is InChI=1S/C20H29N3O11P2.2C6H15N/c1-3-13-4-6-14(7-5-13)10-32-21-16-8-9-23(20(26)22(16)2)19-18(25)17(24)15(34-19)11-33-36(30,31)12-35(27,28)29;2*1-4-7(5-2)6-3/h4-9,15,17-19,24-25H,3,10-12H2,1-2H3,(H,30,31)(H2,27,28,29);2*4-6H2,1-3H3/b21-16-;;/t15-,17-,18-,19-;;/m1../s1. The first-order valence-corrected chi connectivity index (χ1v) is 20.6. The van der Waals surface area contributed by atoms with Gasteiger partial charge < -0.3 is 48.8 Å². The molecular weight excluding hydrogens is 692 g/mol. The van der Waals surface area contributed by atoms with Gasteiger partial charge in [0.25, 0.3) is 0 Å². The molecule has 5 atom stereocenters. The molecule has 18 heteroatoms. The molecule has 3 rings (SSSR count). The number of aryl methyl sites for hydroxylation is 1. The van der Waals surface area contributed by atoms with Crippen LogP contribution in [0.2, 0.25) is 0 Å². The van der Waals surface area contributed by atoms with Crippen LogP contribution in [0.4, 0.5) is 0 Å². The van der Waals surface area contributed by atoms with Gasteiger partial charge in [0.15, 0.2) is 17.6 Å². The first-order valence-electron chi connectivity index (χ1n) is 17.0. The zero-order valence-corrected chi connectivity index (χ0v) is 32.4. The second-order valence-electron chi connectivity index (χ2n) is 11.5. The number of aliphatic hydroxyl groups excluding tert-OH is 2. The number of hydrogen-bond donors (Lipinski definition) is 5. The van der Waals surface area contributed by atoms with Gasteiger partial charge in [0.2, 0.25) is 0 Å². The Labute approximate surface area is 295 Å². The molecule has 0 radical (unpaired) electrons. The molecule has 1 unspecified atom stereocenters. The second kappa shape index (κ2) is 22.7. The predicted octanol–water partition coefficient (Wildman–Crippen LogP) is 2.43. The summed E-state index contributed by atoms with van der Waals surface area (Å²) in [5, 5.41) is 24.6. The van der Waals surface area contributed by atoms with Gasteiger partial charge >= 0.3 is 20.9 Å². The Kier molecular flexibility index (Phi) is 20.8. The summed E-state index contributed by atoms with van der Waals surface area (Å²) in [7, 11) is -8.12. The highest BCUT2D eigenvalue weighted by atomic mass is 31.2. The topological polar surface area (TPSA) is 209 Å². The van der Waals surface area contributed by atoms with Gasteiger partial charge in [-0.15, -0.1) is 0 Å². The number of rotatable bonds is 16. The molecule has 2 heterocycles. The summed E-state index contributed by atoms with van der Waals surface area (Å²) in [6, 6.07) is 9.22. The number of benzene rings is 1. The van der Waals surface area contributed by atoms with Crippen LogP contribution in [0.5, 0.6) is 0 Å². The highest BCUT2D eigenvalue weighted by Crippen LogP contribution is 2.55. The Morgan fingerprint density at radius 3 is 1.76 bits per heavy atom. The Balaban J connectivity index is 0.000000748. The van der Waals surface area contributed by atoms with Crippen LogP contribution in [0.1, 0.15) is 65.8 Å². The molecule has 1 aliphatic heterocycles. The maximum atomic E-state index is 12.8. The van der Waals surface area contributed by atoms with Crippen molar-refractivity contribution in [2.45, 2.75) is 86.0 Å². The van der Waals surface area contributed by atoms with Crippen molar-refractivity contribution < 1.29 is 48.1 Å². The molecule has 5 N–H and O–H groups in total. The molecule has 1 aromatic carbocycles. The van der Waals surface area contributed by atoms with Crippen molar-refractivity contribution in [2.24, 2.45) is 12.2 Å². The van der Waals surface area contributed by atoms with Crippen molar-refractivity contribution in [3.63, 3.8) is 0 Å². The molecule has 1 aromatic heterocycles. The van der Waals surface area contributed by atoms with E-state index in [-0.39, 0.29) is 12.1 Å². The average Bonchev–Trinajstić information content (AvgIpc) is 3.36. The lowest BCUT2D eigenvalue weighted by atomic mass is 10.1. The molecule has 288 valence electrons. The summed E-state index contributed by atoms with van der Waals surface area (Å²) in [4.78, 5) is 50.3. The highest BCUT2D eigenvalue weighted by Gasteiger charge is 2.45. The number of nitrogens with zero attached hydrogens (tertiary/aromatic N) is 5. The quantitative estimate of drug-likeness (QED) is 0.124. The summed E-state index contributed by atoms with van der Waals surface area (Å²) in [6.07, 6.45) is -3.77. The first kappa shape index (κ1) is 45.8. The number of aromatic nitrogens is 2. The Morgan fingerprint density at radius 2 is 1.32 bits per heavy atom. The number of ether oxygens (including phenoxy) is 1. The molecule has 2 aromatic rings. The van der Waals surface area contributed by atoms with E-state index >= 15 is 0 Å². The maximum absolute atomic E-state index is 12.8. The van der Waals surface area contributed by atoms with E-state index in [0.29, 0.717) is 0 Å². The molecule has 16 nitrogen and oxygen atoms in total. The summed E-state index contributed by atoms with van der Waals surface area (Å²) in [6.45, 7) is 21.7. The van der Waals surface area contributed by atoms with E-state index in [9.17, 15) is 29.0 Å². The zero-order valence-electron chi connectivity index (χ0n) is 30.7. The van der Waals surface area contributed by atoms with E-state index in [1.54, 1.807) is 0 Å². The van der Waals surface area contributed by atoms with Crippen LogP contribution in [0.25, 0.3) is 0 Å². The van der Waals surface area contributed by atoms with Crippen LogP contribution in [0.3, 0.4) is 0 Å². The van der Waals surface area contributed by atoms with Gasteiger partial charge in [-0.1, -0.05) is 77.9 Å². The highest BCUT2D eigenvalue weighted by molar-refractivity contribution is 7.70. The molecule has 0 saturated carbocycles. The average molecular weight is 752 g/mol. The van der Waals surface area contributed by atoms with Gasteiger partial charge in [-0.2, -0.15) is 0 Å². The minimum atomic E-state index is -4.84. The molecule has 1 saturated heterocycles. The first-order chi connectivity index (χ1) is 23.5. The lowest BCUT2D eigenvalue weighted by molar-refractivity contribution is -0.0530. The van der Waals surface area contributed by atoms with Crippen LogP contribution in [-0.2, 0) is 43.3 Å². The van der Waals surface area contributed by atoms with Crippen molar-refractivity contribution in [2.75, 3.05) is 51.8 Å². The fourth-order valence-corrected chi connectivity index (χ4v) is 7.39. The molecule has 1 fully saturated rings. The molecule has 0 spiro atoms. The van der Waals surface area contributed by atoms with E-state index in [1.165, 1.54) is 64.1 Å². The van der Waals surface area contributed by atoms with E-state index < -0.39 is 57.9 Å². The van der Waals surface area contributed by atoms with Crippen molar-refractivity contribution in [3.05, 3.63) is 63.6 Å². The maximum Gasteiger partial charge on any atom is 0.340 e. The van der Waals surface area contributed by atoms with Crippen LogP contribution in [0, 0.1) is 0 Å². The third-order valence-electron chi connectivity index (χ3n) is 8.15. The fraction of sp³-hybridized carbons (Fsp3) is 0.688. The van der Waals surface area contributed by atoms with Crippen LogP contribution in [-0.4, -0.2) is 114 Å².